The molecule has 0 bridgehead atoms. The zero-order valence-electron chi connectivity index (χ0n) is 17.9. The molecule has 0 aliphatic rings. The number of esters is 1. The third-order valence-electron chi connectivity index (χ3n) is 4.43. The average molecular weight is 444 g/mol. The molecule has 9 heteroatoms. The van der Waals surface area contributed by atoms with Crippen LogP contribution < -0.4 is 15.6 Å². The Kier molecular flexibility index (Phi) is 7.06. The van der Waals surface area contributed by atoms with E-state index in [1.165, 1.54) is 10.9 Å². The predicted octanol–water partition coefficient (Wildman–Crippen LogP) is 3.62. The van der Waals surface area contributed by atoms with E-state index in [9.17, 15) is 14.4 Å². The van der Waals surface area contributed by atoms with E-state index in [0.717, 1.165) is 11.3 Å². The number of thiophene rings is 1. The number of amides is 1. The molecule has 1 aromatic carbocycles. The van der Waals surface area contributed by atoms with E-state index in [-0.39, 0.29) is 23.9 Å². The maximum Gasteiger partial charge on any atom is 0.348 e. The minimum atomic E-state index is -0.467. The topological polar surface area (TPSA) is 99.5 Å². The minimum absolute atomic E-state index is 0.209. The Hall–Kier alpha value is -3.20. The quantitative estimate of drug-likeness (QED) is 0.534. The largest absolute Gasteiger partial charge is 0.492 e. The Bertz CT molecular complexity index is 1170. The van der Waals surface area contributed by atoms with Crippen molar-refractivity contribution in [1.29, 1.82) is 0 Å². The number of benzene rings is 1. The van der Waals surface area contributed by atoms with Crippen molar-refractivity contribution in [3.05, 3.63) is 51.4 Å². The Labute approximate surface area is 183 Å². The molecule has 31 heavy (non-hydrogen) atoms. The molecule has 0 radical (unpaired) electrons. The maximum absolute atomic E-state index is 13.0. The van der Waals surface area contributed by atoms with Crippen LogP contribution in [0.3, 0.4) is 0 Å². The number of nitrogens with zero attached hydrogens (tertiary/aromatic N) is 2. The summed E-state index contributed by atoms with van der Waals surface area (Å²) in [5.74, 6) is -0.0943. The molecule has 3 aromatic rings. The molecule has 3 rings (SSSR count). The van der Waals surface area contributed by atoms with Crippen LogP contribution in [-0.4, -0.2) is 34.6 Å². The van der Waals surface area contributed by atoms with Gasteiger partial charge in [-0.25, -0.2) is 9.78 Å². The van der Waals surface area contributed by atoms with Gasteiger partial charge in [0.2, 0.25) is 5.91 Å². The number of hydrogen-bond donors (Lipinski definition) is 1. The van der Waals surface area contributed by atoms with Gasteiger partial charge in [0.1, 0.15) is 22.0 Å². The minimum Gasteiger partial charge on any atom is -0.492 e. The van der Waals surface area contributed by atoms with Crippen molar-refractivity contribution in [1.82, 2.24) is 9.55 Å². The van der Waals surface area contributed by atoms with Gasteiger partial charge in [0, 0.05) is 0 Å². The van der Waals surface area contributed by atoms with E-state index >= 15 is 0 Å². The second kappa shape index (κ2) is 9.74. The zero-order valence-corrected chi connectivity index (χ0v) is 18.7. The van der Waals surface area contributed by atoms with Gasteiger partial charge >= 0.3 is 5.97 Å². The lowest BCUT2D eigenvalue weighted by molar-refractivity contribution is -0.116. The second-order valence-corrected chi connectivity index (χ2v) is 8.38. The normalized spacial score (nSPS) is 11.0. The lowest BCUT2D eigenvalue weighted by Crippen LogP contribution is -2.28. The molecule has 2 heterocycles. The Balaban J connectivity index is 1.83. The summed E-state index contributed by atoms with van der Waals surface area (Å²) in [6.45, 7) is 7.99. The molecule has 1 amide bonds. The van der Waals surface area contributed by atoms with Gasteiger partial charge in [-0.15, -0.1) is 11.3 Å². The van der Waals surface area contributed by atoms with E-state index < -0.39 is 5.97 Å². The van der Waals surface area contributed by atoms with Crippen LogP contribution in [0.5, 0.6) is 5.75 Å². The van der Waals surface area contributed by atoms with Crippen LogP contribution >= 0.6 is 11.3 Å². The van der Waals surface area contributed by atoms with Crippen molar-refractivity contribution >= 4 is 39.1 Å². The summed E-state index contributed by atoms with van der Waals surface area (Å²) in [6.07, 6.45) is 1.32. The van der Waals surface area contributed by atoms with Gasteiger partial charge < -0.3 is 14.8 Å². The van der Waals surface area contributed by atoms with E-state index in [1.807, 2.05) is 26.8 Å². The summed E-state index contributed by atoms with van der Waals surface area (Å²) in [4.78, 5) is 43.0. The average Bonchev–Trinajstić information content (AvgIpc) is 3.07. The van der Waals surface area contributed by atoms with Crippen LogP contribution in [0.2, 0.25) is 0 Å². The van der Waals surface area contributed by atoms with Crippen LogP contribution in [0.1, 0.15) is 36.0 Å². The van der Waals surface area contributed by atoms with E-state index in [4.69, 9.17) is 9.47 Å². The smallest absolute Gasteiger partial charge is 0.348 e. The fourth-order valence-electron chi connectivity index (χ4n) is 2.97. The van der Waals surface area contributed by atoms with Crippen molar-refractivity contribution in [2.24, 2.45) is 5.92 Å². The first-order valence-electron chi connectivity index (χ1n) is 9.99. The van der Waals surface area contributed by atoms with E-state index in [1.54, 1.807) is 25.1 Å². The summed E-state index contributed by atoms with van der Waals surface area (Å²) < 4.78 is 12.0. The first kappa shape index (κ1) is 22.5. The molecule has 0 aliphatic heterocycles. The molecule has 8 nitrogen and oxygen atoms in total. The lowest BCUT2D eigenvalue weighted by atomic mass is 10.2. The number of carbonyl (C=O) groups excluding carboxylic acids is 2. The highest BCUT2D eigenvalue weighted by molar-refractivity contribution is 7.20. The first-order chi connectivity index (χ1) is 14.8. The predicted molar refractivity (Wildman–Crippen MR) is 120 cm³/mol. The molecule has 0 unspecified atom stereocenters. The van der Waals surface area contributed by atoms with E-state index in [0.29, 0.717) is 45.3 Å². The summed E-state index contributed by atoms with van der Waals surface area (Å²) in [6, 6.07) is 7.08. The highest BCUT2D eigenvalue weighted by Crippen LogP contribution is 2.28. The van der Waals surface area contributed by atoms with Gasteiger partial charge in [-0.3, -0.25) is 14.2 Å². The summed E-state index contributed by atoms with van der Waals surface area (Å²) >= 11 is 1.12. The van der Waals surface area contributed by atoms with E-state index in [2.05, 4.69) is 10.3 Å². The third kappa shape index (κ3) is 5.11. The van der Waals surface area contributed by atoms with Crippen molar-refractivity contribution in [2.75, 3.05) is 18.5 Å². The molecule has 164 valence electrons. The summed E-state index contributed by atoms with van der Waals surface area (Å²) in [5, 5.41) is 3.09. The van der Waals surface area contributed by atoms with Crippen LogP contribution in [0, 0.1) is 12.8 Å². The number of nitrogens with one attached hydrogen (secondary N) is 1. The Morgan fingerprint density at radius 2 is 2.00 bits per heavy atom. The Morgan fingerprint density at radius 1 is 1.26 bits per heavy atom. The fourth-order valence-corrected chi connectivity index (χ4v) is 4.00. The van der Waals surface area contributed by atoms with Crippen molar-refractivity contribution < 1.29 is 19.1 Å². The highest BCUT2D eigenvalue weighted by Gasteiger charge is 2.21. The molecular formula is C22H25N3O5S. The third-order valence-corrected chi connectivity index (χ3v) is 5.61. The summed E-state index contributed by atoms with van der Waals surface area (Å²) in [5.41, 5.74) is 0.663. The number of aryl methyl sites for hydroxylation is 1. The zero-order chi connectivity index (χ0) is 22.5. The number of carbonyl (C=O) groups is 2. The molecule has 1 N–H and O–H groups in total. The van der Waals surface area contributed by atoms with Gasteiger partial charge in [-0.05, 0) is 37.5 Å². The van der Waals surface area contributed by atoms with Crippen LogP contribution in [0.4, 0.5) is 5.69 Å². The van der Waals surface area contributed by atoms with Gasteiger partial charge in [0.15, 0.2) is 0 Å². The first-order valence-corrected chi connectivity index (χ1v) is 10.8. The van der Waals surface area contributed by atoms with Crippen molar-refractivity contribution in [3.8, 4) is 5.75 Å². The standard InChI is InChI=1S/C22H25N3O5S/c1-5-29-16-9-7-6-8-15(16)24-17(26)10-25-12-23-20-18(21(25)27)14(4)19(31-20)22(28)30-11-13(2)3/h6-9,12-13H,5,10-11H2,1-4H3,(H,24,26). The molecule has 2 aromatic heterocycles. The van der Waals surface area contributed by atoms with Gasteiger partial charge in [-0.2, -0.15) is 0 Å². The number of ether oxygens (including phenoxy) is 2. The number of anilines is 1. The van der Waals surface area contributed by atoms with Gasteiger partial charge in [-0.1, -0.05) is 26.0 Å². The maximum atomic E-state index is 13.0. The lowest BCUT2D eigenvalue weighted by Gasteiger charge is -2.11. The number of para-hydroxylation sites is 2. The number of aromatic nitrogens is 2. The SMILES string of the molecule is CCOc1ccccc1NC(=O)Cn1cnc2sc(C(=O)OCC(C)C)c(C)c2c1=O. The highest BCUT2D eigenvalue weighted by atomic mass is 32.1. The summed E-state index contributed by atoms with van der Waals surface area (Å²) in [7, 11) is 0. The Morgan fingerprint density at radius 3 is 2.71 bits per heavy atom. The molecule has 0 spiro atoms. The van der Waals surface area contributed by atoms with Gasteiger partial charge in [0.05, 0.1) is 30.6 Å². The molecule has 0 saturated carbocycles. The molecule has 0 aliphatic carbocycles. The van der Waals surface area contributed by atoms with Gasteiger partial charge in [0.25, 0.3) is 5.56 Å². The number of hydrogen-bond acceptors (Lipinski definition) is 7. The van der Waals surface area contributed by atoms with Crippen molar-refractivity contribution in [3.63, 3.8) is 0 Å². The van der Waals surface area contributed by atoms with Crippen molar-refractivity contribution in [2.45, 2.75) is 34.2 Å². The fraction of sp³-hybridized carbons (Fsp3) is 0.364. The molecule has 0 fully saturated rings. The monoisotopic (exact) mass is 443 g/mol. The number of rotatable bonds is 8. The molecular weight excluding hydrogens is 418 g/mol. The molecule has 0 saturated heterocycles. The van der Waals surface area contributed by atoms with Crippen LogP contribution in [-0.2, 0) is 16.1 Å². The molecule has 0 atom stereocenters. The second-order valence-electron chi connectivity index (χ2n) is 7.38. The van der Waals surface area contributed by atoms with Crippen LogP contribution in [0.25, 0.3) is 10.2 Å². The van der Waals surface area contributed by atoms with Crippen LogP contribution in [0.15, 0.2) is 35.4 Å². The number of fused-ring (bicyclic) bond motifs is 1.